The maximum Gasteiger partial charge on any atom is 0.241 e. The van der Waals surface area contributed by atoms with Crippen LogP contribution < -0.4 is 19.1 Å². The third kappa shape index (κ3) is 4.38. The molecule has 3 rings (SSSR count). The fourth-order valence-corrected chi connectivity index (χ4v) is 4.38. The number of nitrogens with one attached hydrogen (secondary N) is 1. The number of sulfonamides is 1. The number of methoxy groups -OCH3 is 2. The number of carbonyl (C=O) groups excluding carboxylic acids is 1. The fourth-order valence-electron chi connectivity index (χ4n) is 3.35. The molecule has 7 nitrogen and oxygen atoms in total. The molecular formula is C21H26N2O5S. The van der Waals surface area contributed by atoms with Crippen LogP contribution in [0.2, 0.25) is 0 Å². The van der Waals surface area contributed by atoms with Gasteiger partial charge in [0.2, 0.25) is 15.9 Å². The van der Waals surface area contributed by atoms with Crippen LogP contribution in [-0.2, 0) is 27.8 Å². The van der Waals surface area contributed by atoms with Gasteiger partial charge in [-0.05, 0) is 35.7 Å². The minimum Gasteiger partial charge on any atom is -0.493 e. The molecule has 29 heavy (non-hydrogen) atoms. The third-order valence-corrected chi connectivity index (χ3v) is 6.33. The maximum atomic E-state index is 12.7. The number of carbonyl (C=O) groups is 1. The molecule has 2 aromatic rings. The highest BCUT2D eigenvalue weighted by Crippen LogP contribution is 2.31. The molecule has 0 unspecified atom stereocenters. The SMILES string of the molecule is COc1ccc(S(=O)(=O)NCc2ccc3c(c2)CCN3C(=O)C(C)C)cc1OC. The Morgan fingerprint density at radius 2 is 1.83 bits per heavy atom. The van der Waals surface area contributed by atoms with E-state index in [1.54, 1.807) is 11.0 Å². The summed E-state index contributed by atoms with van der Waals surface area (Å²) in [4.78, 5) is 14.2. The summed E-state index contributed by atoms with van der Waals surface area (Å²) in [6.45, 7) is 4.59. The summed E-state index contributed by atoms with van der Waals surface area (Å²) in [5.41, 5.74) is 2.81. The number of hydrogen-bond donors (Lipinski definition) is 1. The summed E-state index contributed by atoms with van der Waals surface area (Å²) in [6, 6.07) is 10.2. The van der Waals surface area contributed by atoms with Gasteiger partial charge < -0.3 is 14.4 Å². The molecule has 1 heterocycles. The van der Waals surface area contributed by atoms with Crippen molar-refractivity contribution in [3.63, 3.8) is 0 Å². The van der Waals surface area contributed by atoms with Crippen LogP contribution in [0.4, 0.5) is 5.69 Å². The highest BCUT2D eigenvalue weighted by Gasteiger charge is 2.26. The Labute approximate surface area is 171 Å². The van der Waals surface area contributed by atoms with Gasteiger partial charge >= 0.3 is 0 Å². The molecule has 1 N–H and O–H groups in total. The third-order valence-electron chi connectivity index (χ3n) is 4.93. The van der Waals surface area contributed by atoms with Crippen molar-refractivity contribution in [2.24, 2.45) is 5.92 Å². The monoisotopic (exact) mass is 418 g/mol. The van der Waals surface area contributed by atoms with Gasteiger partial charge in [0.15, 0.2) is 11.5 Å². The molecule has 0 saturated carbocycles. The average Bonchev–Trinajstić information content (AvgIpc) is 3.14. The molecule has 0 bridgehead atoms. The van der Waals surface area contributed by atoms with Crippen LogP contribution in [-0.4, -0.2) is 35.1 Å². The number of benzene rings is 2. The predicted molar refractivity (Wildman–Crippen MR) is 111 cm³/mol. The van der Waals surface area contributed by atoms with Crippen LogP contribution in [0.1, 0.15) is 25.0 Å². The lowest BCUT2D eigenvalue weighted by Crippen LogP contribution is -2.32. The van der Waals surface area contributed by atoms with Crippen molar-refractivity contribution in [1.29, 1.82) is 0 Å². The van der Waals surface area contributed by atoms with Gasteiger partial charge in [-0.15, -0.1) is 0 Å². The molecule has 0 atom stereocenters. The number of rotatable bonds is 7. The van der Waals surface area contributed by atoms with Gasteiger partial charge in [-0.25, -0.2) is 13.1 Å². The van der Waals surface area contributed by atoms with Crippen molar-refractivity contribution in [3.8, 4) is 11.5 Å². The average molecular weight is 419 g/mol. The summed E-state index contributed by atoms with van der Waals surface area (Å²) in [5, 5.41) is 0. The number of hydrogen-bond acceptors (Lipinski definition) is 5. The molecule has 8 heteroatoms. The molecule has 0 saturated heterocycles. The van der Waals surface area contributed by atoms with Gasteiger partial charge in [-0.2, -0.15) is 0 Å². The van der Waals surface area contributed by atoms with Gasteiger partial charge in [0.25, 0.3) is 0 Å². The Hall–Kier alpha value is -2.58. The van der Waals surface area contributed by atoms with Crippen LogP contribution in [0.3, 0.4) is 0 Å². The highest BCUT2D eigenvalue weighted by atomic mass is 32.2. The molecule has 156 valence electrons. The number of anilines is 1. The Kier molecular flexibility index (Phi) is 6.14. The van der Waals surface area contributed by atoms with E-state index in [-0.39, 0.29) is 23.3 Å². The maximum absolute atomic E-state index is 12.7. The summed E-state index contributed by atoms with van der Waals surface area (Å²) in [5.74, 6) is 0.855. The van der Waals surface area contributed by atoms with Gasteiger partial charge in [-0.1, -0.05) is 26.0 Å². The first-order valence-corrected chi connectivity index (χ1v) is 10.9. The molecule has 0 aromatic heterocycles. The highest BCUT2D eigenvalue weighted by molar-refractivity contribution is 7.89. The minimum absolute atomic E-state index is 0.0612. The predicted octanol–water partition coefficient (Wildman–Crippen LogP) is 2.73. The quantitative estimate of drug-likeness (QED) is 0.747. The van der Waals surface area contributed by atoms with E-state index in [0.29, 0.717) is 18.0 Å². The van der Waals surface area contributed by atoms with E-state index in [0.717, 1.165) is 23.2 Å². The zero-order valence-corrected chi connectivity index (χ0v) is 17.9. The van der Waals surface area contributed by atoms with Crippen LogP contribution in [0.5, 0.6) is 11.5 Å². The van der Waals surface area contributed by atoms with Crippen molar-refractivity contribution in [1.82, 2.24) is 4.72 Å². The van der Waals surface area contributed by atoms with E-state index in [1.165, 1.54) is 26.4 Å². The second-order valence-corrected chi connectivity index (χ2v) is 8.97. The van der Waals surface area contributed by atoms with Crippen LogP contribution >= 0.6 is 0 Å². The van der Waals surface area contributed by atoms with Gasteiger partial charge in [-0.3, -0.25) is 4.79 Å². The summed E-state index contributed by atoms with van der Waals surface area (Å²) < 4.78 is 38.3. The lowest BCUT2D eigenvalue weighted by atomic mass is 10.1. The first-order chi connectivity index (χ1) is 13.8. The first-order valence-electron chi connectivity index (χ1n) is 9.41. The lowest BCUT2D eigenvalue weighted by molar-refractivity contribution is -0.121. The molecule has 0 radical (unpaired) electrons. The van der Waals surface area contributed by atoms with Crippen LogP contribution in [0.15, 0.2) is 41.3 Å². The standard InChI is InChI=1S/C21H26N2O5S/c1-14(2)21(24)23-10-9-16-11-15(5-7-18(16)23)13-22-29(25,26)17-6-8-19(27-3)20(12-17)28-4/h5-8,11-12,14,22H,9-10,13H2,1-4H3. The second-order valence-electron chi connectivity index (χ2n) is 7.20. The van der Waals surface area contributed by atoms with E-state index in [9.17, 15) is 13.2 Å². The zero-order valence-electron chi connectivity index (χ0n) is 17.1. The Morgan fingerprint density at radius 3 is 2.48 bits per heavy atom. The molecule has 1 aliphatic heterocycles. The van der Waals surface area contributed by atoms with Gasteiger partial charge in [0.05, 0.1) is 19.1 Å². The summed E-state index contributed by atoms with van der Waals surface area (Å²) >= 11 is 0. The smallest absolute Gasteiger partial charge is 0.241 e. The van der Waals surface area contributed by atoms with Crippen molar-refractivity contribution >= 4 is 21.6 Å². The lowest BCUT2D eigenvalue weighted by Gasteiger charge is -2.19. The molecule has 2 aromatic carbocycles. The topological polar surface area (TPSA) is 84.9 Å². The fraction of sp³-hybridized carbons (Fsp3) is 0.381. The van der Waals surface area contributed by atoms with E-state index in [4.69, 9.17) is 9.47 Å². The van der Waals surface area contributed by atoms with E-state index in [1.807, 2.05) is 32.0 Å². The molecule has 1 amide bonds. The van der Waals surface area contributed by atoms with Crippen LogP contribution in [0, 0.1) is 5.92 Å². The Balaban J connectivity index is 1.74. The normalized spacial score (nSPS) is 13.5. The summed E-state index contributed by atoms with van der Waals surface area (Å²) in [7, 11) is -0.764. The van der Waals surface area contributed by atoms with Crippen molar-refractivity contribution < 1.29 is 22.7 Å². The van der Waals surface area contributed by atoms with E-state index < -0.39 is 10.0 Å². The molecule has 0 fully saturated rings. The van der Waals surface area contributed by atoms with E-state index in [2.05, 4.69) is 4.72 Å². The molecular weight excluding hydrogens is 392 g/mol. The number of nitrogens with zero attached hydrogens (tertiary/aromatic N) is 1. The summed E-state index contributed by atoms with van der Waals surface area (Å²) in [6.07, 6.45) is 0.768. The number of fused-ring (bicyclic) bond motifs is 1. The van der Waals surface area contributed by atoms with Crippen LogP contribution in [0.25, 0.3) is 0 Å². The second kappa shape index (κ2) is 8.42. The molecule has 0 spiro atoms. The number of amides is 1. The zero-order chi connectivity index (χ0) is 21.2. The van der Waals surface area contributed by atoms with E-state index >= 15 is 0 Å². The Bertz CT molecular complexity index is 1020. The van der Waals surface area contributed by atoms with Gasteiger partial charge in [0.1, 0.15) is 0 Å². The van der Waals surface area contributed by atoms with Crippen molar-refractivity contribution in [2.45, 2.75) is 31.7 Å². The van der Waals surface area contributed by atoms with Crippen molar-refractivity contribution in [3.05, 3.63) is 47.5 Å². The largest absolute Gasteiger partial charge is 0.493 e. The Morgan fingerprint density at radius 1 is 1.10 bits per heavy atom. The minimum atomic E-state index is -3.72. The molecule has 0 aliphatic carbocycles. The molecule has 1 aliphatic rings. The first kappa shape index (κ1) is 21.1. The number of ether oxygens (including phenoxy) is 2. The van der Waals surface area contributed by atoms with Gasteiger partial charge in [0, 0.05) is 30.8 Å². The van der Waals surface area contributed by atoms with Crippen molar-refractivity contribution in [2.75, 3.05) is 25.7 Å².